The number of halogens is 1. The lowest BCUT2D eigenvalue weighted by atomic mass is 9.99. The second-order valence-electron chi connectivity index (χ2n) is 4.18. The van der Waals surface area contributed by atoms with Crippen LogP contribution in [0.2, 0.25) is 4.34 Å². The average molecular weight is 281 g/mol. The molecule has 0 bridgehead atoms. The van der Waals surface area contributed by atoms with E-state index in [1.807, 2.05) is 12.1 Å². The number of hydrogen-bond acceptors (Lipinski definition) is 3. The Morgan fingerprint density at radius 2 is 1.94 bits per heavy atom. The SMILES string of the molecule is NCC(CNCc1ccc(Cl)s1)c1ccccc1. The first-order valence-corrected chi connectivity index (χ1v) is 7.19. The van der Waals surface area contributed by atoms with Gasteiger partial charge in [0.2, 0.25) is 0 Å². The summed E-state index contributed by atoms with van der Waals surface area (Å²) >= 11 is 7.51. The molecule has 3 N–H and O–H groups in total. The largest absolute Gasteiger partial charge is 0.330 e. The Hall–Kier alpha value is -0.870. The highest BCUT2D eigenvalue weighted by Crippen LogP contribution is 2.21. The lowest BCUT2D eigenvalue weighted by molar-refractivity contribution is 0.591. The van der Waals surface area contributed by atoms with Crippen LogP contribution < -0.4 is 11.1 Å². The standard InChI is InChI=1S/C14H17ClN2S/c15-14-7-6-13(18-14)10-17-9-12(8-16)11-4-2-1-3-5-11/h1-7,12,17H,8-10,16H2. The molecular formula is C14H17ClN2S. The summed E-state index contributed by atoms with van der Waals surface area (Å²) in [7, 11) is 0. The van der Waals surface area contributed by atoms with Crippen molar-refractivity contribution in [2.24, 2.45) is 5.73 Å². The van der Waals surface area contributed by atoms with E-state index in [0.29, 0.717) is 12.5 Å². The molecule has 1 aromatic heterocycles. The van der Waals surface area contributed by atoms with Gasteiger partial charge >= 0.3 is 0 Å². The zero-order chi connectivity index (χ0) is 12.8. The molecule has 0 aliphatic heterocycles. The van der Waals surface area contributed by atoms with Crippen molar-refractivity contribution in [3.8, 4) is 0 Å². The van der Waals surface area contributed by atoms with E-state index in [4.69, 9.17) is 17.3 Å². The highest BCUT2D eigenvalue weighted by Gasteiger charge is 2.08. The van der Waals surface area contributed by atoms with Crippen LogP contribution in [0.25, 0.3) is 0 Å². The third-order valence-corrected chi connectivity index (χ3v) is 4.11. The van der Waals surface area contributed by atoms with Gasteiger partial charge in [-0.1, -0.05) is 41.9 Å². The highest BCUT2D eigenvalue weighted by molar-refractivity contribution is 7.16. The first kappa shape index (κ1) is 13.6. The first-order valence-electron chi connectivity index (χ1n) is 5.99. The smallest absolute Gasteiger partial charge is 0.0931 e. The van der Waals surface area contributed by atoms with Crippen molar-refractivity contribution in [2.75, 3.05) is 13.1 Å². The molecule has 0 radical (unpaired) electrons. The number of nitrogens with one attached hydrogen (secondary N) is 1. The molecule has 4 heteroatoms. The molecule has 1 unspecified atom stereocenters. The minimum Gasteiger partial charge on any atom is -0.330 e. The molecule has 0 saturated heterocycles. The molecule has 0 aliphatic rings. The second kappa shape index (κ2) is 6.90. The van der Waals surface area contributed by atoms with Gasteiger partial charge in [0, 0.05) is 30.4 Å². The van der Waals surface area contributed by atoms with Crippen LogP contribution in [0.1, 0.15) is 16.4 Å². The molecule has 2 nitrogen and oxygen atoms in total. The molecular weight excluding hydrogens is 264 g/mol. The molecule has 96 valence electrons. The van der Waals surface area contributed by atoms with Crippen molar-refractivity contribution >= 4 is 22.9 Å². The van der Waals surface area contributed by atoms with Crippen LogP contribution in [0, 0.1) is 0 Å². The third kappa shape index (κ3) is 3.82. The van der Waals surface area contributed by atoms with Gasteiger partial charge < -0.3 is 11.1 Å². The van der Waals surface area contributed by atoms with Crippen LogP contribution in [-0.2, 0) is 6.54 Å². The van der Waals surface area contributed by atoms with Crippen LogP contribution in [-0.4, -0.2) is 13.1 Å². The van der Waals surface area contributed by atoms with Crippen LogP contribution in [0.3, 0.4) is 0 Å². The maximum atomic E-state index is 5.90. The van der Waals surface area contributed by atoms with E-state index in [1.54, 1.807) is 11.3 Å². The minimum atomic E-state index is 0.363. The van der Waals surface area contributed by atoms with E-state index >= 15 is 0 Å². The summed E-state index contributed by atoms with van der Waals surface area (Å²) in [5.41, 5.74) is 7.12. The Morgan fingerprint density at radius 3 is 2.56 bits per heavy atom. The average Bonchev–Trinajstić information content (AvgIpc) is 2.81. The van der Waals surface area contributed by atoms with Crippen molar-refractivity contribution in [1.29, 1.82) is 0 Å². The Balaban J connectivity index is 1.84. The monoisotopic (exact) mass is 280 g/mol. The van der Waals surface area contributed by atoms with Crippen LogP contribution in [0.4, 0.5) is 0 Å². The van der Waals surface area contributed by atoms with Crippen LogP contribution in [0.15, 0.2) is 42.5 Å². The van der Waals surface area contributed by atoms with Gasteiger partial charge in [0.15, 0.2) is 0 Å². The van der Waals surface area contributed by atoms with E-state index in [2.05, 4.69) is 35.6 Å². The van der Waals surface area contributed by atoms with Gasteiger partial charge in [0.05, 0.1) is 4.34 Å². The Bertz CT molecular complexity index is 470. The fraction of sp³-hybridized carbons (Fsp3) is 0.286. The van der Waals surface area contributed by atoms with Crippen molar-refractivity contribution in [3.05, 3.63) is 57.2 Å². The zero-order valence-electron chi connectivity index (χ0n) is 10.1. The molecule has 1 aromatic carbocycles. The van der Waals surface area contributed by atoms with Crippen LogP contribution >= 0.6 is 22.9 Å². The van der Waals surface area contributed by atoms with Gasteiger partial charge in [-0.2, -0.15) is 0 Å². The van der Waals surface area contributed by atoms with Crippen molar-refractivity contribution < 1.29 is 0 Å². The summed E-state index contributed by atoms with van der Waals surface area (Å²) in [6.45, 7) is 2.39. The number of benzene rings is 1. The summed E-state index contributed by atoms with van der Waals surface area (Å²) in [6, 6.07) is 14.4. The lowest BCUT2D eigenvalue weighted by Crippen LogP contribution is -2.26. The van der Waals surface area contributed by atoms with E-state index < -0.39 is 0 Å². The molecule has 0 fully saturated rings. The van der Waals surface area contributed by atoms with E-state index in [1.165, 1.54) is 10.4 Å². The minimum absolute atomic E-state index is 0.363. The quantitative estimate of drug-likeness (QED) is 0.853. The fourth-order valence-electron chi connectivity index (χ4n) is 1.88. The molecule has 0 aliphatic carbocycles. The second-order valence-corrected chi connectivity index (χ2v) is 5.98. The summed E-state index contributed by atoms with van der Waals surface area (Å²) in [4.78, 5) is 1.25. The van der Waals surface area contributed by atoms with Gasteiger partial charge in [-0.15, -0.1) is 11.3 Å². The Labute approximate surface area is 117 Å². The molecule has 0 spiro atoms. The van der Waals surface area contributed by atoms with E-state index in [0.717, 1.165) is 17.4 Å². The van der Waals surface area contributed by atoms with E-state index in [-0.39, 0.29) is 0 Å². The summed E-state index contributed by atoms with van der Waals surface area (Å²) in [5.74, 6) is 0.363. The number of hydrogen-bond donors (Lipinski definition) is 2. The Morgan fingerprint density at radius 1 is 1.17 bits per heavy atom. The number of nitrogens with two attached hydrogens (primary N) is 1. The van der Waals surface area contributed by atoms with Gasteiger partial charge in [-0.25, -0.2) is 0 Å². The van der Waals surface area contributed by atoms with Gasteiger partial charge in [-0.3, -0.25) is 0 Å². The van der Waals surface area contributed by atoms with Gasteiger partial charge in [0.1, 0.15) is 0 Å². The van der Waals surface area contributed by atoms with Crippen molar-refractivity contribution in [1.82, 2.24) is 5.32 Å². The summed E-state index contributed by atoms with van der Waals surface area (Å²) in [6.07, 6.45) is 0. The summed E-state index contributed by atoms with van der Waals surface area (Å²) < 4.78 is 0.838. The predicted octanol–water partition coefficient (Wildman–Crippen LogP) is 3.23. The van der Waals surface area contributed by atoms with Crippen molar-refractivity contribution in [2.45, 2.75) is 12.5 Å². The zero-order valence-corrected chi connectivity index (χ0v) is 11.7. The molecule has 2 rings (SSSR count). The third-order valence-electron chi connectivity index (χ3n) is 2.87. The molecule has 1 atom stereocenters. The fourth-order valence-corrected chi connectivity index (χ4v) is 2.94. The maximum Gasteiger partial charge on any atom is 0.0931 e. The van der Waals surface area contributed by atoms with Gasteiger partial charge in [-0.05, 0) is 17.7 Å². The summed E-state index contributed by atoms with van der Waals surface area (Å²) in [5, 5.41) is 3.44. The molecule has 18 heavy (non-hydrogen) atoms. The molecule has 2 aromatic rings. The molecule has 0 saturated carbocycles. The predicted molar refractivity (Wildman–Crippen MR) is 79.3 cm³/mol. The first-order chi connectivity index (χ1) is 8.79. The topological polar surface area (TPSA) is 38.0 Å². The number of thiophene rings is 1. The highest BCUT2D eigenvalue weighted by atomic mass is 35.5. The molecule has 0 amide bonds. The normalized spacial score (nSPS) is 12.6. The molecule has 1 heterocycles. The number of rotatable bonds is 6. The van der Waals surface area contributed by atoms with Crippen molar-refractivity contribution in [3.63, 3.8) is 0 Å². The van der Waals surface area contributed by atoms with E-state index in [9.17, 15) is 0 Å². The van der Waals surface area contributed by atoms with Gasteiger partial charge in [0.25, 0.3) is 0 Å². The lowest BCUT2D eigenvalue weighted by Gasteiger charge is -2.15. The van der Waals surface area contributed by atoms with Crippen LogP contribution in [0.5, 0.6) is 0 Å². The Kier molecular flexibility index (Phi) is 5.20. The maximum absolute atomic E-state index is 5.90.